The Bertz CT molecular complexity index is 965. The fourth-order valence-electron chi connectivity index (χ4n) is 2.82. The Labute approximate surface area is 282 Å². The monoisotopic (exact) mass is 1490 g/mol. The SMILES string of the molecule is [CH2-]OCC(O)CO[CH2-].[CH2-]OCC(O)CO[CH2-].[CH2-]OCC(O)COc1ccc(C(N)=O)cc1.[CH2-]OCC(O)COc1ccc(C(N)=O)cc1.[Rf].[Rf].[Rf]. The van der Waals surface area contributed by atoms with Crippen molar-refractivity contribution in [3.8, 4) is 11.5 Å². The topological polar surface area (TPSA) is 241 Å². The molecule has 2 rings (SSSR count). The van der Waals surface area contributed by atoms with Gasteiger partial charge in [-0.15, -0.1) is 0 Å². The standard InChI is InChI=1S/2C11H14NO4.2C5H10O3.3Rf/c2*1-15-6-9(13)7-16-10-4-2-8(3-5-10)11(12)14;2*1-7-3-5(6)4-8-2;;;/h2*2-5,9,13H,1,6-7H2,(H2,12,14);2*5-6H,1-4H2;;;/q2*-1;2*-2;;;. The van der Waals surface area contributed by atoms with Gasteiger partial charge < -0.3 is 69.8 Å². The number of aliphatic hydroxyl groups excluding tert-OH is 4. The Hall–Kier alpha value is -6.42. The first-order valence-corrected chi connectivity index (χ1v) is 13.9. The van der Waals surface area contributed by atoms with Gasteiger partial charge in [-0.25, -0.2) is 42.7 Å². The summed E-state index contributed by atoms with van der Waals surface area (Å²) in [6.45, 7) is 1.19. The molecular formula is C32H48N2O14Rf3-6. The van der Waals surface area contributed by atoms with Crippen molar-refractivity contribution >= 4 is 11.8 Å². The third-order valence-corrected chi connectivity index (χ3v) is 5.02. The molecule has 0 saturated carbocycles. The van der Waals surface area contributed by atoms with Crippen LogP contribution in [0.5, 0.6) is 11.5 Å². The van der Waals surface area contributed by atoms with Crippen LogP contribution in [-0.2, 0) is 28.4 Å². The van der Waals surface area contributed by atoms with E-state index < -0.39 is 36.2 Å². The molecule has 2 unspecified atom stereocenters. The molecule has 0 bridgehead atoms. The van der Waals surface area contributed by atoms with Gasteiger partial charge in [0, 0.05) is 50.8 Å². The molecule has 0 aliphatic carbocycles. The summed E-state index contributed by atoms with van der Waals surface area (Å²) < 4.78 is 36.9. The van der Waals surface area contributed by atoms with E-state index in [1.54, 1.807) is 48.5 Å². The minimum Gasteiger partial charge on any atom is -0.553 e. The molecule has 0 radical (unpaired) electrons. The van der Waals surface area contributed by atoms with Crippen LogP contribution in [0, 0.1) is 42.7 Å². The van der Waals surface area contributed by atoms with Crippen LogP contribution in [-0.4, -0.2) is 110 Å². The van der Waals surface area contributed by atoms with Crippen LogP contribution in [0.1, 0.15) is 20.7 Å². The number of hydrogen-bond acceptors (Lipinski definition) is 14. The number of carbonyl (C=O) groups is 2. The van der Waals surface area contributed by atoms with Crippen molar-refractivity contribution in [2.24, 2.45) is 11.5 Å². The van der Waals surface area contributed by atoms with Crippen molar-refractivity contribution in [1.29, 1.82) is 0 Å². The average Bonchev–Trinajstić information content (AvgIpc) is 3.05. The summed E-state index contributed by atoms with van der Waals surface area (Å²) in [5, 5.41) is 36.0. The van der Waals surface area contributed by atoms with Gasteiger partial charge >= 0.3 is 0 Å². The maximum absolute atomic E-state index is 10.8. The van der Waals surface area contributed by atoms with E-state index in [0.29, 0.717) is 22.6 Å². The van der Waals surface area contributed by atoms with Gasteiger partial charge in [0.1, 0.15) is 36.9 Å². The number of primary amides is 2. The summed E-state index contributed by atoms with van der Waals surface area (Å²) in [6, 6.07) is 12.7. The third-order valence-electron chi connectivity index (χ3n) is 5.02. The van der Waals surface area contributed by atoms with E-state index >= 15 is 0 Å². The van der Waals surface area contributed by atoms with Crippen molar-refractivity contribution < 1.29 is 67.9 Å². The van der Waals surface area contributed by atoms with E-state index in [9.17, 15) is 19.8 Å². The Kier molecular flexibility index (Phi) is 37.0. The molecule has 16 nitrogen and oxygen atoms in total. The summed E-state index contributed by atoms with van der Waals surface area (Å²) in [5.74, 6) is 0.121. The van der Waals surface area contributed by atoms with Gasteiger partial charge in [-0.05, 0) is 48.5 Å². The molecule has 0 aliphatic rings. The molecule has 2 aromatic carbocycles. The number of benzene rings is 2. The Morgan fingerprint density at radius 3 is 0.824 bits per heavy atom. The van der Waals surface area contributed by atoms with Crippen molar-refractivity contribution in [2.45, 2.75) is 24.4 Å². The van der Waals surface area contributed by atoms with Gasteiger partial charge in [-0.1, -0.05) is 0 Å². The molecule has 0 aromatic heterocycles. The Balaban J connectivity index is -0.000000190. The molecule has 19 heteroatoms. The van der Waals surface area contributed by atoms with Gasteiger partial charge in [0.05, 0.1) is 12.2 Å². The summed E-state index contributed by atoms with van der Waals surface area (Å²) in [5.41, 5.74) is 11.0. The molecule has 2 aromatic rings. The van der Waals surface area contributed by atoms with Crippen LogP contribution >= 0.6 is 0 Å². The number of carbonyl (C=O) groups excluding carboxylic acids is 2. The quantitative estimate of drug-likeness (QED) is 0.0997. The zero-order chi connectivity index (χ0) is 36.7. The first kappa shape index (κ1) is 54.0. The molecular weight excluding hydrogens is 1440 g/mol. The molecule has 0 spiro atoms. The second-order valence-corrected chi connectivity index (χ2v) is 9.24. The van der Waals surface area contributed by atoms with Crippen molar-refractivity contribution in [1.82, 2.24) is 0 Å². The number of hydrogen-bond donors (Lipinski definition) is 6. The van der Waals surface area contributed by atoms with Crippen molar-refractivity contribution in [2.75, 3.05) is 52.9 Å². The van der Waals surface area contributed by atoms with Crippen LogP contribution in [0.25, 0.3) is 0 Å². The number of amides is 2. The molecule has 2 amide bonds. The predicted molar refractivity (Wildman–Crippen MR) is 173 cm³/mol. The number of nitrogens with two attached hydrogens (primary N) is 2. The summed E-state index contributed by atoms with van der Waals surface area (Å²) >= 11 is 0. The Morgan fingerprint density at radius 2 is 0.647 bits per heavy atom. The minimum atomic E-state index is -0.728. The van der Waals surface area contributed by atoms with Crippen LogP contribution in [0.4, 0.5) is 0 Å². The zero-order valence-corrected chi connectivity index (χ0v) is 48.2. The normalized spacial score (nSPS) is 10.9. The number of ether oxygens (including phenoxy) is 8. The second kappa shape index (κ2) is 34.9. The molecule has 8 N–H and O–H groups in total. The van der Waals surface area contributed by atoms with Gasteiger partial charge in [0.25, 0.3) is 0 Å². The average molecular weight is 1490 g/mol. The van der Waals surface area contributed by atoms with Crippen LogP contribution in [0.2, 0.25) is 0 Å². The molecule has 0 saturated heterocycles. The maximum atomic E-state index is 10.8. The van der Waals surface area contributed by atoms with Crippen LogP contribution in [0.3, 0.4) is 0 Å². The summed E-state index contributed by atoms with van der Waals surface area (Å²) in [6.07, 6.45) is -2.67. The number of aliphatic hydroxyl groups is 4. The van der Waals surface area contributed by atoms with E-state index in [4.69, 9.17) is 31.2 Å². The molecule has 0 heterocycles. The van der Waals surface area contributed by atoms with E-state index in [1.165, 1.54) is 0 Å². The Morgan fingerprint density at radius 1 is 0.451 bits per heavy atom. The molecule has 0 fully saturated rings. The zero-order valence-electron chi connectivity index (χ0n) is 29.0. The van der Waals surface area contributed by atoms with Gasteiger partial charge in [0.15, 0.2) is 0 Å². The van der Waals surface area contributed by atoms with E-state index in [2.05, 4.69) is 71.1 Å². The number of rotatable bonds is 20. The molecule has 0 aliphatic heterocycles. The predicted octanol–water partition coefficient (Wildman–Crippen LogP) is 0.594. The smallest absolute Gasteiger partial charge is 0.248 e. The fraction of sp³-hybridized carbons (Fsp3) is 0.375. The summed E-state index contributed by atoms with van der Waals surface area (Å²) in [7, 11) is 18.6. The maximum Gasteiger partial charge on any atom is 0.248 e. The largest absolute Gasteiger partial charge is 0.553 e. The first-order chi connectivity index (χ1) is 22.9. The van der Waals surface area contributed by atoms with Gasteiger partial charge in [0.2, 0.25) is 11.8 Å². The first-order valence-electron chi connectivity index (χ1n) is 13.9. The van der Waals surface area contributed by atoms with E-state index in [1.807, 2.05) is 0 Å². The second-order valence-electron chi connectivity index (χ2n) is 9.24. The van der Waals surface area contributed by atoms with Gasteiger partial charge in [-0.2, -0.15) is 0 Å². The molecule has 282 valence electrons. The minimum absolute atomic E-state index is 0. The van der Waals surface area contributed by atoms with Crippen LogP contribution in [0.15, 0.2) is 48.5 Å². The van der Waals surface area contributed by atoms with E-state index in [-0.39, 0.29) is 52.9 Å². The van der Waals surface area contributed by atoms with Crippen LogP contribution < -0.4 is 20.9 Å². The molecule has 2 atom stereocenters. The molecule has 51 heavy (non-hydrogen) atoms. The van der Waals surface area contributed by atoms with Crippen molar-refractivity contribution in [3.05, 3.63) is 102 Å². The van der Waals surface area contributed by atoms with Crippen molar-refractivity contribution in [3.63, 3.8) is 0 Å². The fourth-order valence-corrected chi connectivity index (χ4v) is 2.82. The van der Waals surface area contributed by atoms with Gasteiger partial charge in [-0.3, -0.25) is 9.59 Å². The van der Waals surface area contributed by atoms with E-state index in [0.717, 1.165) is 0 Å². The third kappa shape index (κ3) is 30.7. The summed E-state index contributed by atoms with van der Waals surface area (Å²) in [4.78, 5) is 21.6.